The van der Waals surface area contributed by atoms with Gasteiger partial charge in [0.1, 0.15) is 0 Å². The lowest BCUT2D eigenvalue weighted by Gasteiger charge is -2.18. The number of anilines is 1. The van der Waals surface area contributed by atoms with Crippen molar-refractivity contribution in [2.75, 3.05) is 5.32 Å². The average molecular weight is 377 g/mol. The number of carbonyl (C=O) groups excluding carboxylic acids is 1. The van der Waals surface area contributed by atoms with E-state index in [1.54, 1.807) is 0 Å². The molecule has 2 aromatic carbocycles. The first-order valence-electron chi connectivity index (χ1n) is 9.53. The van der Waals surface area contributed by atoms with Crippen molar-refractivity contribution in [1.82, 2.24) is 10.1 Å². The van der Waals surface area contributed by atoms with Crippen LogP contribution in [0.25, 0.3) is 11.4 Å². The minimum absolute atomic E-state index is 0.0717. The van der Waals surface area contributed by atoms with Crippen molar-refractivity contribution in [3.05, 3.63) is 65.0 Å². The van der Waals surface area contributed by atoms with E-state index in [1.165, 1.54) is 11.1 Å². The smallest absolute Gasteiger partial charge is 0.227 e. The van der Waals surface area contributed by atoms with Crippen LogP contribution in [-0.4, -0.2) is 16.0 Å². The van der Waals surface area contributed by atoms with Crippen LogP contribution in [0.4, 0.5) is 5.69 Å². The quantitative estimate of drug-likeness (QED) is 0.662. The Morgan fingerprint density at radius 1 is 1.04 bits per heavy atom. The zero-order valence-corrected chi connectivity index (χ0v) is 17.2. The molecule has 0 saturated carbocycles. The van der Waals surface area contributed by atoms with Crippen LogP contribution in [0.1, 0.15) is 49.8 Å². The number of amides is 1. The van der Waals surface area contributed by atoms with Gasteiger partial charge in [0.15, 0.2) is 0 Å². The Hall–Kier alpha value is -2.95. The summed E-state index contributed by atoms with van der Waals surface area (Å²) in [6, 6.07) is 14.1. The molecule has 0 aliphatic rings. The molecule has 3 aromatic rings. The SMILES string of the molecule is Cc1ccc(NC(=O)CCc2nc(-c3ccc(C(C)(C)C)cc3)no2)cc1C. The number of nitrogens with one attached hydrogen (secondary N) is 1. The Kier molecular flexibility index (Phi) is 5.63. The van der Waals surface area contributed by atoms with Crippen molar-refractivity contribution < 1.29 is 9.32 Å². The predicted octanol–water partition coefficient (Wildman–Crippen LogP) is 5.22. The summed E-state index contributed by atoms with van der Waals surface area (Å²) in [4.78, 5) is 16.6. The van der Waals surface area contributed by atoms with E-state index in [2.05, 4.69) is 48.4 Å². The van der Waals surface area contributed by atoms with Gasteiger partial charge in [-0.05, 0) is 48.1 Å². The number of rotatable bonds is 5. The fourth-order valence-corrected chi connectivity index (χ4v) is 2.86. The highest BCUT2D eigenvalue weighted by molar-refractivity contribution is 5.90. The van der Waals surface area contributed by atoms with Gasteiger partial charge in [0.2, 0.25) is 17.6 Å². The molecule has 1 heterocycles. The summed E-state index contributed by atoms with van der Waals surface area (Å²) in [5.74, 6) is 0.938. The largest absolute Gasteiger partial charge is 0.339 e. The molecule has 0 aliphatic carbocycles. The van der Waals surface area contributed by atoms with Crippen LogP contribution < -0.4 is 5.32 Å². The first-order valence-corrected chi connectivity index (χ1v) is 9.53. The molecule has 1 aromatic heterocycles. The molecular formula is C23H27N3O2. The molecule has 0 saturated heterocycles. The van der Waals surface area contributed by atoms with Gasteiger partial charge in [-0.15, -0.1) is 0 Å². The normalized spacial score (nSPS) is 11.5. The zero-order chi connectivity index (χ0) is 20.3. The standard InChI is InChI=1S/C23H27N3O2/c1-15-6-11-19(14-16(15)2)24-20(27)12-13-21-25-22(26-28-21)17-7-9-18(10-8-17)23(3,4)5/h6-11,14H,12-13H2,1-5H3,(H,24,27). The lowest BCUT2D eigenvalue weighted by atomic mass is 9.87. The number of aryl methyl sites for hydroxylation is 3. The first kappa shape index (κ1) is 19.8. The van der Waals surface area contributed by atoms with Crippen LogP contribution in [0.15, 0.2) is 47.0 Å². The van der Waals surface area contributed by atoms with Crippen LogP contribution in [0.3, 0.4) is 0 Å². The summed E-state index contributed by atoms with van der Waals surface area (Å²) in [5.41, 5.74) is 5.41. The van der Waals surface area contributed by atoms with Gasteiger partial charge in [-0.2, -0.15) is 4.98 Å². The molecule has 0 atom stereocenters. The summed E-state index contributed by atoms with van der Waals surface area (Å²) in [6.07, 6.45) is 0.696. The average Bonchev–Trinajstić information content (AvgIpc) is 3.12. The first-order chi connectivity index (χ1) is 13.2. The number of nitrogens with zero attached hydrogens (tertiary/aromatic N) is 2. The minimum atomic E-state index is -0.0717. The molecule has 0 aliphatic heterocycles. The Morgan fingerprint density at radius 3 is 2.39 bits per heavy atom. The van der Waals surface area contributed by atoms with Crippen molar-refractivity contribution in [1.29, 1.82) is 0 Å². The van der Waals surface area contributed by atoms with Gasteiger partial charge in [-0.1, -0.05) is 56.3 Å². The Balaban J connectivity index is 1.58. The maximum Gasteiger partial charge on any atom is 0.227 e. The highest BCUT2D eigenvalue weighted by atomic mass is 16.5. The van der Waals surface area contributed by atoms with Gasteiger partial charge in [-0.3, -0.25) is 4.79 Å². The van der Waals surface area contributed by atoms with Crippen molar-refractivity contribution in [2.45, 2.75) is 52.9 Å². The van der Waals surface area contributed by atoms with Gasteiger partial charge < -0.3 is 9.84 Å². The maximum absolute atomic E-state index is 12.2. The number of carbonyl (C=O) groups is 1. The number of hydrogen-bond acceptors (Lipinski definition) is 4. The van der Waals surface area contributed by atoms with Crippen molar-refractivity contribution in [3.63, 3.8) is 0 Å². The van der Waals surface area contributed by atoms with Gasteiger partial charge in [0.05, 0.1) is 0 Å². The fourth-order valence-electron chi connectivity index (χ4n) is 2.86. The van der Waals surface area contributed by atoms with E-state index in [0.717, 1.165) is 16.8 Å². The monoisotopic (exact) mass is 377 g/mol. The number of hydrogen-bond donors (Lipinski definition) is 1. The molecule has 0 unspecified atom stereocenters. The zero-order valence-electron chi connectivity index (χ0n) is 17.2. The summed E-state index contributed by atoms with van der Waals surface area (Å²) < 4.78 is 5.31. The highest BCUT2D eigenvalue weighted by Crippen LogP contribution is 2.25. The van der Waals surface area contributed by atoms with E-state index in [9.17, 15) is 4.79 Å². The second-order valence-electron chi connectivity index (χ2n) is 8.19. The summed E-state index contributed by atoms with van der Waals surface area (Å²) in [5, 5.41) is 6.95. The van der Waals surface area contributed by atoms with Crippen molar-refractivity contribution >= 4 is 11.6 Å². The third-order valence-corrected chi connectivity index (χ3v) is 4.83. The summed E-state index contributed by atoms with van der Waals surface area (Å²) >= 11 is 0. The van der Waals surface area contributed by atoms with E-state index in [0.29, 0.717) is 18.1 Å². The Bertz CT molecular complexity index is 966. The number of aromatic nitrogens is 2. The molecule has 1 amide bonds. The van der Waals surface area contributed by atoms with Crippen LogP contribution in [0.2, 0.25) is 0 Å². The maximum atomic E-state index is 12.2. The lowest BCUT2D eigenvalue weighted by Crippen LogP contribution is -2.12. The van der Waals surface area contributed by atoms with E-state index in [1.807, 2.05) is 44.2 Å². The third-order valence-electron chi connectivity index (χ3n) is 4.83. The predicted molar refractivity (Wildman–Crippen MR) is 111 cm³/mol. The van der Waals surface area contributed by atoms with Crippen molar-refractivity contribution in [2.24, 2.45) is 0 Å². The second-order valence-corrected chi connectivity index (χ2v) is 8.19. The van der Waals surface area contributed by atoms with Gasteiger partial charge >= 0.3 is 0 Å². The molecule has 28 heavy (non-hydrogen) atoms. The Morgan fingerprint density at radius 2 is 1.75 bits per heavy atom. The minimum Gasteiger partial charge on any atom is -0.339 e. The molecule has 0 fully saturated rings. The second kappa shape index (κ2) is 7.97. The van der Waals surface area contributed by atoms with Crippen LogP contribution in [0, 0.1) is 13.8 Å². The van der Waals surface area contributed by atoms with Gasteiger partial charge in [-0.25, -0.2) is 0 Å². The summed E-state index contributed by atoms with van der Waals surface area (Å²) in [6.45, 7) is 10.6. The molecule has 0 bridgehead atoms. The van der Waals surface area contributed by atoms with Gasteiger partial charge in [0, 0.05) is 24.1 Å². The molecule has 0 radical (unpaired) electrons. The van der Waals surface area contributed by atoms with Crippen LogP contribution in [-0.2, 0) is 16.6 Å². The molecule has 3 rings (SSSR count). The van der Waals surface area contributed by atoms with E-state index < -0.39 is 0 Å². The topological polar surface area (TPSA) is 68.0 Å². The molecule has 1 N–H and O–H groups in total. The van der Waals surface area contributed by atoms with E-state index in [4.69, 9.17) is 4.52 Å². The number of benzene rings is 2. The highest BCUT2D eigenvalue weighted by Gasteiger charge is 2.15. The van der Waals surface area contributed by atoms with Crippen LogP contribution >= 0.6 is 0 Å². The van der Waals surface area contributed by atoms with Crippen molar-refractivity contribution in [3.8, 4) is 11.4 Å². The molecule has 5 heteroatoms. The molecule has 146 valence electrons. The fraction of sp³-hybridized carbons (Fsp3) is 0.348. The van der Waals surface area contributed by atoms with Crippen LogP contribution in [0.5, 0.6) is 0 Å². The lowest BCUT2D eigenvalue weighted by molar-refractivity contribution is -0.116. The van der Waals surface area contributed by atoms with E-state index >= 15 is 0 Å². The molecule has 5 nitrogen and oxygen atoms in total. The third kappa shape index (κ3) is 4.85. The summed E-state index contributed by atoms with van der Waals surface area (Å²) in [7, 11) is 0. The molecular weight excluding hydrogens is 350 g/mol. The molecule has 0 spiro atoms. The van der Waals surface area contributed by atoms with E-state index in [-0.39, 0.29) is 17.7 Å². The van der Waals surface area contributed by atoms with Gasteiger partial charge in [0.25, 0.3) is 0 Å². The Labute approximate surface area is 166 Å².